The molecule has 3 aromatic rings. The van der Waals surface area contributed by atoms with Gasteiger partial charge in [0.05, 0.1) is 43.6 Å². The molecule has 4 aliphatic rings. The van der Waals surface area contributed by atoms with Gasteiger partial charge < -0.3 is 44.7 Å². The molecule has 0 amide bonds. The van der Waals surface area contributed by atoms with Crippen LogP contribution in [0.3, 0.4) is 0 Å². The van der Waals surface area contributed by atoms with Gasteiger partial charge in [-0.05, 0) is 24.3 Å². The standard InChI is InChI=1S/C29H29F3N7O8S/c1-44-26-22(37-8-17(34-36-37)12-6-13(30)21(32)14(31)7-12)24(41)19(10-40)47-29(26)48-20-11-46-27-23(25(20)42)38-9-18(35-39(27)38)15-4-3-5-16(33-15)28(43)45-2/h3-9,19-20,22-27,29,40-42H,10-11H2,1-2H3/q-1. The summed E-state index contributed by atoms with van der Waals surface area (Å²) >= 11 is 1.18. The number of fused-ring (bicyclic) bond motifs is 4. The highest BCUT2D eigenvalue weighted by Crippen LogP contribution is 2.48. The van der Waals surface area contributed by atoms with E-state index in [1.165, 1.54) is 42.9 Å². The van der Waals surface area contributed by atoms with Crippen LogP contribution in [0.5, 0.6) is 0 Å². The topological polar surface area (TPSA) is 179 Å². The molecule has 19 heteroatoms. The second-order valence-corrected chi connectivity index (χ2v) is 12.7. The van der Waals surface area contributed by atoms with Crippen LogP contribution >= 0.6 is 11.8 Å². The van der Waals surface area contributed by atoms with Gasteiger partial charge in [0, 0.05) is 18.9 Å². The Balaban J connectivity index is 1.09. The number of esters is 1. The van der Waals surface area contributed by atoms with Crippen LogP contribution in [-0.4, -0.2) is 126 Å². The first-order valence-corrected chi connectivity index (χ1v) is 15.6. The van der Waals surface area contributed by atoms with E-state index in [4.69, 9.17) is 18.9 Å². The van der Waals surface area contributed by atoms with Crippen molar-refractivity contribution in [3.63, 3.8) is 0 Å². The minimum absolute atomic E-state index is 0.00143. The van der Waals surface area contributed by atoms with Crippen LogP contribution < -0.4 is 0 Å². The fraction of sp³-hybridized carbons (Fsp3) is 0.448. The number of hydrazine groups is 1. The van der Waals surface area contributed by atoms with Crippen molar-refractivity contribution < 1.29 is 52.2 Å². The number of aliphatic hydroxyl groups excluding tert-OH is 3. The minimum Gasteiger partial charge on any atom is -0.596 e. The molecule has 9 unspecified atom stereocenters. The van der Waals surface area contributed by atoms with E-state index in [1.54, 1.807) is 28.5 Å². The first-order chi connectivity index (χ1) is 23.1. The average Bonchev–Trinajstić information content (AvgIpc) is 3.72. The predicted molar refractivity (Wildman–Crippen MR) is 158 cm³/mol. The number of ether oxygens (including phenoxy) is 4. The maximum atomic E-state index is 13.9. The van der Waals surface area contributed by atoms with Gasteiger partial charge in [-0.25, -0.2) is 27.6 Å². The molecule has 7 rings (SSSR count). The van der Waals surface area contributed by atoms with Crippen molar-refractivity contribution in [2.45, 2.75) is 53.4 Å². The molecular formula is C29H29F3N7O8S-. The highest BCUT2D eigenvalue weighted by Gasteiger charge is 2.55. The van der Waals surface area contributed by atoms with Crippen LogP contribution in [0.4, 0.5) is 13.2 Å². The Kier molecular flexibility index (Phi) is 8.79. The van der Waals surface area contributed by atoms with Crippen LogP contribution in [0.1, 0.15) is 22.2 Å². The Morgan fingerprint density at radius 1 is 1.12 bits per heavy atom. The number of hydrogen-bond acceptors (Lipinski definition) is 14. The van der Waals surface area contributed by atoms with Gasteiger partial charge in [0.15, 0.2) is 17.5 Å². The van der Waals surface area contributed by atoms with Gasteiger partial charge in [-0.2, -0.15) is 0 Å². The van der Waals surface area contributed by atoms with Crippen molar-refractivity contribution >= 4 is 23.4 Å². The molecule has 2 aromatic heterocycles. The highest BCUT2D eigenvalue weighted by molar-refractivity contribution is 8.00. The molecule has 6 heterocycles. The fourth-order valence-electron chi connectivity index (χ4n) is 6.17. The number of hydrogen-bond donors (Lipinski definition) is 3. The number of nitrogens with zero attached hydrogens (tertiary/aromatic N) is 7. The lowest BCUT2D eigenvalue weighted by Crippen LogP contribution is -2.75. The molecule has 0 bridgehead atoms. The SMILES string of the molecule is COC(=O)c1cccc(C2=CN3C4C(O)C(SC5OC(CO)C(O)C(n6cc(-c7cc(F)c(F)c(F)c7)nn6)C5OC)COC4N3[N-]2)n1. The van der Waals surface area contributed by atoms with Gasteiger partial charge in [0.1, 0.15) is 53.4 Å². The van der Waals surface area contributed by atoms with E-state index in [0.717, 1.165) is 12.1 Å². The number of rotatable bonds is 8. The van der Waals surface area contributed by atoms with Crippen molar-refractivity contribution in [3.05, 3.63) is 77.0 Å². The lowest BCUT2D eigenvalue weighted by molar-refractivity contribution is -0.296. The Morgan fingerprint density at radius 2 is 1.90 bits per heavy atom. The third-order valence-corrected chi connectivity index (χ3v) is 10.0. The molecule has 0 spiro atoms. The molecule has 9 atom stereocenters. The molecule has 0 aliphatic carbocycles. The number of thioether (sulfide) groups is 1. The van der Waals surface area contributed by atoms with Crippen molar-refractivity contribution in [3.8, 4) is 11.3 Å². The summed E-state index contributed by atoms with van der Waals surface area (Å²) in [5, 5.41) is 43.5. The van der Waals surface area contributed by atoms with E-state index in [-0.39, 0.29) is 23.6 Å². The molecule has 0 saturated carbocycles. The largest absolute Gasteiger partial charge is 0.596 e. The highest BCUT2D eigenvalue weighted by atomic mass is 32.2. The fourth-order valence-corrected chi connectivity index (χ4v) is 7.63. The summed E-state index contributed by atoms with van der Waals surface area (Å²) in [4.78, 5) is 16.3. The van der Waals surface area contributed by atoms with E-state index in [9.17, 15) is 33.3 Å². The summed E-state index contributed by atoms with van der Waals surface area (Å²) in [5.41, 5.74) is 4.57. The van der Waals surface area contributed by atoms with Crippen molar-refractivity contribution in [1.29, 1.82) is 0 Å². The summed E-state index contributed by atoms with van der Waals surface area (Å²) < 4.78 is 65.2. The lowest BCUT2D eigenvalue weighted by atomic mass is 9.97. The summed E-state index contributed by atoms with van der Waals surface area (Å²) in [5.74, 6) is -5.02. The normalized spacial score (nSPS) is 31.4. The molecule has 15 nitrogen and oxygen atoms in total. The summed E-state index contributed by atoms with van der Waals surface area (Å²) in [6.07, 6.45) is -1.92. The molecule has 3 N–H and O–H groups in total. The number of halogens is 3. The summed E-state index contributed by atoms with van der Waals surface area (Å²) in [6, 6.07) is 4.89. The minimum atomic E-state index is -1.62. The number of aromatic nitrogens is 4. The molecular weight excluding hydrogens is 663 g/mol. The molecule has 3 saturated heterocycles. The number of benzene rings is 1. The quantitative estimate of drug-likeness (QED) is 0.227. The third-order valence-electron chi connectivity index (χ3n) is 8.60. The molecule has 4 aliphatic heterocycles. The smallest absolute Gasteiger partial charge is 0.356 e. The van der Waals surface area contributed by atoms with Gasteiger partial charge in [-0.3, -0.25) is 5.12 Å². The zero-order valence-corrected chi connectivity index (χ0v) is 26.0. The number of methoxy groups -OCH3 is 2. The van der Waals surface area contributed by atoms with Crippen LogP contribution in [0.2, 0.25) is 0 Å². The number of carbonyl (C=O) groups excluding carboxylic acids is 1. The van der Waals surface area contributed by atoms with Crippen LogP contribution in [0.25, 0.3) is 22.4 Å². The number of aliphatic hydroxyl groups is 3. The second kappa shape index (κ2) is 12.9. The Bertz CT molecular complexity index is 1710. The van der Waals surface area contributed by atoms with Crippen LogP contribution in [0, 0.1) is 17.5 Å². The van der Waals surface area contributed by atoms with Gasteiger partial charge in [-0.1, -0.05) is 17.0 Å². The van der Waals surface area contributed by atoms with E-state index in [1.807, 2.05) is 0 Å². The average molecular weight is 693 g/mol. The first kappa shape index (κ1) is 32.7. The van der Waals surface area contributed by atoms with E-state index in [0.29, 0.717) is 11.4 Å². The van der Waals surface area contributed by atoms with E-state index in [2.05, 4.69) is 20.7 Å². The first-order valence-electron chi connectivity index (χ1n) is 14.7. The van der Waals surface area contributed by atoms with Crippen molar-refractivity contribution in [2.24, 2.45) is 0 Å². The summed E-state index contributed by atoms with van der Waals surface area (Å²) in [7, 11) is 2.65. The Morgan fingerprint density at radius 3 is 2.60 bits per heavy atom. The lowest BCUT2D eigenvalue weighted by Gasteiger charge is -2.64. The van der Waals surface area contributed by atoms with Gasteiger partial charge >= 0.3 is 5.97 Å². The maximum Gasteiger partial charge on any atom is 0.356 e. The molecule has 1 aromatic carbocycles. The Labute approximate surface area is 274 Å². The zero-order chi connectivity index (χ0) is 33.9. The number of carbonyl (C=O) groups is 1. The second-order valence-electron chi connectivity index (χ2n) is 11.3. The van der Waals surface area contributed by atoms with Crippen molar-refractivity contribution in [2.75, 3.05) is 27.4 Å². The zero-order valence-electron chi connectivity index (χ0n) is 25.2. The van der Waals surface area contributed by atoms with Crippen LogP contribution in [-0.2, 0) is 18.9 Å². The van der Waals surface area contributed by atoms with E-state index >= 15 is 0 Å². The monoisotopic (exact) mass is 692 g/mol. The Hall–Kier alpha value is -3.82. The molecule has 48 heavy (non-hydrogen) atoms. The van der Waals surface area contributed by atoms with Gasteiger partial charge in [0.25, 0.3) is 0 Å². The van der Waals surface area contributed by atoms with E-state index < -0.39 is 83.4 Å². The van der Waals surface area contributed by atoms with Gasteiger partial charge in [0.2, 0.25) is 0 Å². The van der Waals surface area contributed by atoms with Crippen molar-refractivity contribution in [1.82, 2.24) is 30.1 Å². The maximum absolute atomic E-state index is 13.9. The molecule has 256 valence electrons. The summed E-state index contributed by atoms with van der Waals surface area (Å²) in [6.45, 7) is -0.487. The van der Waals surface area contributed by atoms with Crippen LogP contribution in [0.15, 0.2) is 42.7 Å². The third kappa shape index (κ3) is 5.49. The predicted octanol–water partition coefficient (Wildman–Crippen LogP) is 1.20. The molecule has 0 radical (unpaired) electrons. The number of pyridine rings is 1. The van der Waals surface area contributed by atoms with Gasteiger partial charge in [-0.15, -0.1) is 16.9 Å². The molecule has 3 fully saturated rings.